The third-order valence-corrected chi connectivity index (χ3v) is 8.46. The molecular weight excluding hydrogens is 480 g/mol. The second-order valence-electron chi connectivity index (χ2n) is 9.64. The summed E-state index contributed by atoms with van der Waals surface area (Å²) >= 11 is 1.83. The summed E-state index contributed by atoms with van der Waals surface area (Å²) in [5.41, 5.74) is 4.72. The first kappa shape index (κ1) is 23.8. The highest BCUT2D eigenvalue weighted by molar-refractivity contribution is 7.10. The molecule has 1 atom stereocenters. The van der Waals surface area contributed by atoms with Gasteiger partial charge in [-0.3, -0.25) is 14.7 Å². The number of aromatic nitrogens is 3. The number of benzene rings is 1. The molecule has 0 saturated carbocycles. The van der Waals surface area contributed by atoms with E-state index in [9.17, 15) is 4.79 Å². The van der Waals surface area contributed by atoms with Crippen LogP contribution in [0.25, 0.3) is 22.5 Å². The van der Waals surface area contributed by atoms with Gasteiger partial charge < -0.3 is 9.80 Å². The molecule has 2 saturated heterocycles. The molecule has 3 aromatic heterocycles. The minimum Gasteiger partial charge on any atom is -0.368 e. The van der Waals surface area contributed by atoms with Gasteiger partial charge in [0.25, 0.3) is 0 Å². The maximum atomic E-state index is 13.1. The highest BCUT2D eigenvalue weighted by Crippen LogP contribution is 2.38. The Morgan fingerprint density at radius 1 is 0.865 bits per heavy atom. The van der Waals surface area contributed by atoms with Crippen LogP contribution in [0.2, 0.25) is 0 Å². The summed E-state index contributed by atoms with van der Waals surface area (Å²) in [6.07, 6.45) is 8.33. The van der Waals surface area contributed by atoms with E-state index in [1.165, 1.54) is 21.7 Å². The first-order valence-electron chi connectivity index (χ1n) is 12.8. The van der Waals surface area contributed by atoms with Crippen LogP contribution in [-0.4, -0.2) is 76.5 Å². The van der Waals surface area contributed by atoms with Gasteiger partial charge >= 0.3 is 0 Å². The van der Waals surface area contributed by atoms with Crippen molar-refractivity contribution in [2.75, 3.05) is 50.7 Å². The molecule has 0 bridgehead atoms. The number of hydrogen-bond donors (Lipinski definition) is 0. The second-order valence-corrected chi connectivity index (χ2v) is 10.6. The quantitative estimate of drug-likeness (QED) is 0.383. The molecule has 188 valence electrons. The largest absolute Gasteiger partial charge is 0.368 e. The molecule has 4 aromatic rings. The van der Waals surface area contributed by atoms with E-state index >= 15 is 0 Å². The molecule has 5 heterocycles. The van der Waals surface area contributed by atoms with Crippen molar-refractivity contribution >= 4 is 22.9 Å². The smallest absolute Gasteiger partial charge is 0.236 e. The van der Waals surface area contributed by atoms with Gasteiger partial charge in [-0.2, -0.15) is 0 Å². The molecule has 0 N–H and O–H groups in total. The van der Waals surface area contributed by atoms with Gasteiger partial charge in [0.15, 0.2) is 5.82 Å². The Morgan fingerprint density at radius 2 is 1.62 bits per heavy atom. The molecular formula is C29H30N6OS. The standard InChI is InChI=1S/C29H30N6OS/c36-27(21-33-14-8-24(20-33)28-26(9-19-37-28)22-6-12-30-13-7-22)35-17-15-34(16-18-35)25-4-2-23(3-5-25)29-31-10-1-11-32-29/h1-7,9-13,19,24H,8,14-18,20-21H2/t24-/m0/s1. The fraction of sp³-hybridized carbons (Fsp3) is 0.310. The Bertz CT molecular complexity index is 1320. The zero-order valence-electron chi connectivity index (χ0n) is 20.7. The van der Waals surface area contributed by atoms with Crippen molar-refractivity contribution in [3.63, 3.8) is 0 Å². The van der Waals surface area contributed by atoms with E-state index in [4.69, 9.17) is 0 Å². The Balaban J connectivity index is 1.01. The number of carbonyl (C=O) groups is 1. The van der Waals surface area contributed by atoms with E-state index in [2.05, 4.69) is 72.6 Å². The van der Waals surface area contributed by atoms with Gasteiger partial charge in [-0.1, -0.05) is 0 Å². The van der Waals surface area contributed by atoms with Crippen molar-refractivity contribution in [1.82, 2.24) is 24.8 Å². The third kappa shape index (κ3) is 5.26. The highest BCUT2D eigenvalue weighted by Gasteiger charge is 2.30. The average Bonchev–Trinajstić information content (AvgIpc) is 3.64. The van der Waals surface area contributed by atoms with Crippen molar-refractivity contribution in [3.8, 4) is 22.5 Å². The molecule has 7 nitrogen and oxygen atoms in total. The van der Waals surface area contributed by atoms with E-state index < -0.39 is 0 Å². The van der Waals surface area contributed by atoms with Crippen molar-refractivity contribution in [2.45, 2.75) is 12.3 Å². The number of thiophene rings is 1. The van der Waals surface area contributed by atoms with Crippen molar-refractivity contribution in [2.24, 2.45) is 0 Å². The SMILES string of the molecule is O=C(CN1CC[C@H](c2sccc2-c2ccncc2)C1)N1CCN(c2ccc(-c3ncccn3)cc2)CC1. The summed E-state index contributed by atoms with van der Waals surface area (Å²) < 4.78 is 0. The molecule has 1 aromatic carbocycles. The van der Waals surface area contributed by atoms with Crippen LogP contribution in [-0.2, 0) is 4.79 Å². The lowest BCUT2D eigenvalue weighted by atomic mass is 9.99. The lowest BCUT2D eigenvalue weighted by molar-refractivity contribution is -0.132. The second kappa shape index (κ2) is 10.8. The van der Waals surface area contributed by atoms with Gasteiger partial charge in [0.2, 0.25) is 5.91 Å². The van der Waals surface area contributed by atoms with Crippen molar-refractivity contribution < 1.29 is 4.79 Å². The molecule has 2 fully saturated rings. The number of anilines is 1. The number of likely N-dealkylation sites (tertiary alicyclic amines) is 1. The Morgan fingerprint density at radius 3 is 2.38 bits per heavy atom. The number of nitrogens with zero attached hydrogens (tertiary/aromatic N) is 6. The topological polar surface area (TPSA) is 65.5 Å². The molecule has 0 spiro atoms. The van der Waals surface area contributed by atoms with E-state index in [-0.39, 0.29) is 5.91 Å². The molecule has 8 heteroatoms. The summed E-state index contributed by atoms with van der Waals surface area (Å²) in [7, 11) is 0. The fourth-order valence-electron chi connectivity index (χ4n) is 5.37. The first-order chi connectivity index (χ1) is 18.2. The van der Waals surface area contributed by atoms with Crippen LogP contribution in [0.15, 0.2) is 78.7 Å². The number of hydrogen-bond acceptors (Lipinski definition) is 7. The number of rotatable bonds is 6. The Labute approximate surface area is 221 Å². The average molecular weight is 511 g/mol. The summed E-state index contributed by atoms with van der Waals surface area (Å²) in [5, 5.41) is 2.18. The molecule has 0 unspecified atom stereocenters. The van der Waals surface area contributed by atoms with Crippen LogP contribution in [0.4, 0.5) is 5.69 Å². The maximum Gasteiger partial charge on any atom is 0.236 e. The molecule has 0 aliphatic carbocycles. The van der Waals surface area contributed by atoms with Gasteiger partial charge in [-0.15, -0.1) is 11.3 Å². The summed E-state index contributed by atoms with van der Waals surface area (Å²) in [5.74, 6) is 1.47. The summed E-state index contributed by atoms with van der Waals surface area (Å²) in [6, 6.07) is 16.6. The van der Waals surface area contributed by atoms with Crippen LogP contribution in [0, 0.1) is 0 Å². The summed E-state index contributed by atoms with van der Waals surface area (Å²) in [6.45, 7) is 5.65. The molecule has 1 amide bonds. The van der Waals surface area contributed by atoms with Gasteiger partial charge in [-0.25, -0.2) is 9.97 Å². The number of pyridine rings is 1. The maximum absolute atomic E-state index is 13.1. The van der Waals surface area contributed by atoms with Gasteiger partial charge in [0.05, 0.1) is 6.54 Å². The van der Waals surface area contributed by atoms with Gasteiger partial charge in [0.1, 0.15) is 0 Å². The zero-order chi connectivity index (χ0) is 25.0. The summed E-state index contributed by atoms with van der Waals surface area (Å²) in [4.78, 5) is 34.1. The van der Waals surface area contributed by atoms with Gasteiger partial charge in [0, 0.05) is 79.6 Å². The Kier molecular flexibility index (Phi) is 6.92. The van der Waals surface area contributed by atoms with E-state index in [1.807, 2.05) is 34.7 Å². The van der Waals surface area contributed by atoms with E-state index in [0.29, 0.717) is 12.5 Å². The van der Waals surface area contributed by atoms with Crippen LogP contribution in [0.3, 0.4) is 0 Å². The van der Waals surface area contributed by atoms with Crippen LogP contribution < -0.4 is 4.90 Å². The number of carbonyl (C=O) groups excluding carboxylic acids is 1. The third-order valence-electron chi connectivity index (χ3n) is 7.38. The monoisotopic (exact) mass is 510 g/mol. The predicted molar refractivity (Wildman–Crippen MR) is 148 cm³/mol. The predicted octanol–water partition coefficient (Wildman–Crippen LogP) is 4.41. The number of amides is 1. The highest BCUT2D eigenvalue weighted by atomic mass is 32.1. The Hall–Kier alpha value is -3.62. The minimum atomic E-state index is 0.248. The first-order valence-corrected chi connectivity index (χ1v) is 13.7. The minimum absolute atomic E-state index is 0.248. The lowest BCUT2D eigenvalue weighted by Crippen LogP contribution is -2.51. The molecule has 37 heavy (non-hydrogen) atoms. The van der Waals surface area contributed by atoms with Crippen molar-refractivity contribution in [1.29, 1.82) is 0 Å². The van der Waals surface area contributed by atoms with Gasteiger partial charge in [-0.05, 0) is 78.0 Å². The van der Waals surface area contributed by atoms with Crippen molar-refractivity contribution in [3.05, 3.63) is 83.6 Å². The van der Waals surface area contributed by atoms with Crippen LogP contribution in [0.5, 0.6) is 0 Å². The molecule has 2 aliphatic rings. The van der Waals surface area contributed by atoms with Crippen LogP contribution in [0.1, 0.15) is 17.2 Å². The molecule has 6 rings (SSSR count). The molecule has 0 radical (unpaired) electrons. The number of piperazine rings is 1. The normalized spacial score (nSPS) is 18.3. The van der Waals surface area contributed by atoms with E-state index in [1.54, 1.807) is 12.4 Å². The zero-order valence-corrected chi connectivity index (χ0v) is 21.6. The lowest BCUT2D eigenvalue weighted by Gasteiger charge is -2.36. The van der Waals surface area contributed by atoms with E-state index in [0.717, 1.165) is 57.1 Å². The fourth-order valence-corrected chi connectivity index (χ4v) is 6.42. The van der Waals surface area contributed by atoms with Crippen LogP contribution >= 0.6 is 11.3 Å². The molecule has 2 aliphatic heterocycles.